The fourth-order valence-electron chi connectivity index (χ4n) is 5.15. The van der Waals surface area contributed by atoms with E-state index in [9.17, 15) is 9.90 Å². The Labute approximate surface area is 172 Å². The Bertz CT molecular complexity index is 1070. The zero-order valence-corrected chi connectivity index (χ0v) is 17.9. The van der Waals surface area contributed by atoms with Crippen LogP contribution in [0.5, 0.6) is 0 Å². The monoisotopic (exact) mass is 390 g/mol. The average molecular weight is 391 g/mol. The summed E-state index contributed by atoms with van der Waals surface area (Å²) in [6.07, 6.45) is 0.864. The van der Waals surface area contributed by atoms with Crippen molar-refractivity contribution in [3.63, 3.8) is 0 Å². The second-order valence-electron chi connectivity index (χ2n) is 8.89. The summed E-state index contributed by atoms with van der Waals surface area (Å²) in [5.74, 6) is -0.205. The molecule has 0 unspecified atom stereocenters. The Morgan fingerprint density at radius 3 is 2.31 bits per heavy atom. The maximum atomic E-state index is 13.1. The molecule has 0 saturated heterocycles. The summed E-state index contributed by atoms with van der Waals surface area (Å²) in [6, 6.07) is 18.4. The zero-order chi connectivity index (χ0) is 21.0. The molecular formula is C25H30N2O2. The molecule has 0 radical (unpaired) electrons. The lowest BCUT2D eigenvalue weighted by Crippen LogP contribution is -2.48. The minimum Gasteiger partial charge on any atom is -0.370 e. The Balaban J connectivity index is 2.09. The molecule has 4 rings (SSSR count). The first-order valence-electron chi connectivity index (χ1n) is 10.3. The third-order valence-corrected chi connectivity index (χ3v) is 6.96. The number of nitrogens with zero attached hydrogens (tertiary/aromatic N) is 2. The molecule has 4 nitrogen and oxygen atoms in total. The van der Waals surface area contributed by atoms with Crippen LogP contribution < -0.4 is 0 Å². The van der Waals surface area contributed by atoms with Crippen molar-refractivity contribution in [1.82, 2.24) is 9.47 Å². The van der Waals surface area contributed by atoms with Crippen LogP contribution in [0, 0.1) is 5.41 Å². The molecule has 2 aromatic carbocycles. The van der Waals surface area contributed by atoms with Gasteiger partial charge < -0.3 is 14.6 Å². The Morgan fingerprint density at radius 2 is 1.69 bits per heavy atom. The summed E-state index contributed by atoms with van der Waals surface area (Å²) in [4.78, 5) is 15.2. The van der Waals surface area contributed by atoms with E-state index in [0.29, 0.717) is 0 Å². The van der Waals surface area contributed by atoms with E-state index in [1.807, 2.05) is 41.8 Å². The number of aromatic nitrogens is 1. The number of hydrogen-bond donors (Lipinski definition) is 1. The van der Waals surface area contributed by atoms with Crippen LogP contribution in [0.2, 0.25) is 0 Å². The fourth-order valence-corrected chi connectivity index (χ4v) is 5.15. The lowest BCUT2D eigenvalue weighted by molar-refractivity contribution is -0.153. The highest BCUT2D eigenvalue weighted by Crippen LogP contribution is 2.59. The summed E-state index contributed by atoms with van der Waals surface area (Å²) in [6.45, 7) is 6.23. The van der Waals surface area contributed by atoms with E-state index >= 15 is 0 Å². The molecule has 0 saturated carbocycles. The van der Waals surface area contributed by atoms with Crippen molar-refractivity contribution in [3.05, 3.63) is 71.4 Å². The number of aliphatic hydroxyl groups is 1. The van der Waals surface area contributed by atoms with E-state index in [1.54, 1.807) is 13.8 Å². The van der Waals surface area contributed by atoms with Gasteiger partial charge in [-0.3, -0.25) is 4.79 Å². The quantitative estimate of drug-likeness (QED) is 0.712. The van der Waals surface area contributed by atoms with E-state index in [0.717, 1.165) is 35.1 Å². The van der Waals surface area contributed by atoms with E-state index in [4.69, 9.17) is 0 Å². The molecule has 4 heteroatoms. The number of ketones is 1. The Morgan fingerprint density at radius 1 is 1.07 bits per heavy atom. The van der Waals surface area contributed by atoms with Crippen molar-refractivity contribution in [1.29, 1.82) is 0 Å². The number of fused-ring (bicyclic) bond motifs is 3. The number of likely N-dealkylation sites (N-methyl/N-ethyl adjacent to an activating group) is 1. The van der Waals surface area contributed by atoms with E-state index in [-0.39, 0.29) is 11.7 Å². The SMILES string of the molecule is CC(=O)[C@]1(C)[C@@H](c2ccccc2)c2c(CCN(C)C)c3ccccc3n2[C@@]1(C)O. The van der Waals surface area contributed by atoms with Gasteiger partial charge in [-0.25, -0.2) is 0 Å². The molecule has 1 aromatic heterocycles. The van der Waals surface area contributed by atoms with Crippen LogP contribution >= 0.6 is 0 Å². The van der Waals surface area contributed by atoms with E-state index in [2.05, 4.69) is 43.3 Å². The van der Waals surface area contributed by atoms with Crippen LogP contribution in [0.25, 0.3) is 10.9 Å². The van der Waals surface area contributed by atoms with Gasteiger partial charge in [-0.1, -0.05) is 48.5 Å². The molecule has 0 spiro atoms. The maximum absolute atomic E-state index is 13.1. The summed E-state index contributed by atoms with van der Waals surface area (Å²) in [5.41, 5.74) is 2.08. The van der Waals surface area contributed by atoms with E-state index in [1.165, 1.54) is 5.56 Å². The number of carbonyl (C=O) groups excluding carboxylic acids is 1. The van der Waals surface area contributed by atoms with Gasteiger partial charge in [0.05, 0.1) is 10.9 Å². The number of hydrogen-bond acceptors (Lipinski definition) is 3. The van der Waals surface area contributed by atoms with Gasteiger partial charge in [-0.05, 0) is 58.5 Å². The fraction of sp³-hybridized carbons (Fsp3) is 0.400. The first-order chi connectivity index (χ1) is 13.7. The van der Waals surface area contributed by atoms with Crippen molar-refractivity contribution in [2.24, 2.45) is 5.41 Å². The zero-order valence-electron chi connectivity index (χ0n) is 17.9. The van der Waals surface area contributed by atoms with Crippen LogP contribution in [0.4, 0.5) is 0 Å². The molecule has 1 aliphatic rings. The largest absolute Gasteiger partial charge is 0.370 e. The third kappa shape index (κ3) is 2.70. The van der Waals surface area contributed by atoms with Gasteiger partial charge in [0, 0.05) is 23.5 Å². The molecule has 152 valence electrons. The smallest absolute Gasteiger partial charge is 0.152 e. The summed E-state index contributed by atoms with van der Waals surface area (Å²) >= 11 is 0. The third-order valence-electron chi connectivity index (χ3n) is 6.96. The average Bonchev–Trinajstić information content (AvgIpc) is 3.10. The molecule has 3 aromatic rings. The summed E-state index contributed by atoms with van der Waals surface area (Å²) < 4.78 is 2.03. The predicted molar refractivity (Wildman–Crippen MR) is 117 cm³/mol. The van der Waals surface area contributed by atoms with Crippen LogP contribution in [0.1, 0.15) is 43.5 Å². The number of carbonyl (C=O) groups is 1. The number of benzene rings is 2. The van der Waals surface area contributed by atoms with Gasteiger partial charge in [-0.2, -0.15) is 0 Å². The van der Waals surface area contributed by atoms with Gasteiger partial charge in [0.25, 0.3) is 0 Å². The molecule has 0 bridgehead atoms. The molecule has 2 heterocycles. The molecule has 1 N–H and O–H groups in total. The maximum Gasteiger partial charge on any atom is 0.152 e. The van der Waals surface area contributed by atoms with E-state index < -0.39 is 11.1 Å². The second kappa shape index (κ2) is 6.82. The second-order valence-corrected chi connectivity index (χ2v) is 8.89. The van der Waals surface area contributed by atoms with Crippen molar-refractivity contribution in [2.75, 3.05) is 20.6 Å². The topological polar surface area (TPSA) is 45.5 Å². The molecule has 29 heavy (non-hydrogen) atoms. The Kier molecular flexibility index (Phi) is 4.67. The number of rotatable bonds is 5. The van der Waals surface area contributed by atoms with Gasteiger partial charge in [-0.15, -0.1) is 0 Å². The minimum absolute atomic E-state index is 0.00249. The number of Topliss-reactive ketones (excluding diaryl/α,β-unsaturated/α-hetero) is 1. The highest BCUT2D eigenvalue weighted by Gasteiger charge is 2.62. The van der Waals surface area contributed by atoms with Crippen LogP contribution in [0.3, 0.4) is 0 Å². The number of para-hydroxylation sites is 1. The van der Waals surface area contributed by atoms with Crippen molar-refractivity contribution in [3.8, 4) is 0 Å². The van der Waals surface area contributed by atoms with Crippen LogP contribution in [-0.2, 0) is 16.9 Å². The van der Waals surface area contributed by atoms with Gasteiger partial charge in [0.1, 0.15) is 5.78 Å². The first kappa shape index (κ1) is 19.9. The normalized spacial score (nSPS) is 26.2. The molecule has 1 aliphatic heterocycles. The minimum atomic E-state index is -1.33. The lowest BCUT2D eigenvalue weighted by Gasteiger charge is -2.39. The van der Waals surface area contributed by atoms with Crippen molar-refractivity contribution < 1.29 is 9.90 Å². The molecule has 3 atom stereocenters. The van der Waals surface area contributed by atoms with Crippen molar-refractivity contribution in [2.45, 2.75) is 38.8 Å². The summed E-state index contributed by atoms with van der Waals surface area (Å²) in [5, 5.41) is 13.1. The molecule has 0 fully saturated rings. The molecule has 0 aliphatic carbocycles. The molecule has 0 amide bonds. The Hall–Kier alpha value is -2.43. The first-order valence-corrected chi connectivity index (χ1v) is 10.3. The van der Waals surface area contributed by atoms with Crippen molar-refractivity contribution >= 4 is 16.7 Å². The highest BCUT2D eigenvalue weighted by atomic mass is 16.3. The van der Waals surface area contributed by atoms with Crippen LogP contribution in [0.15, 0.2) is 54.6 Å². The summed E-state index contributed by atoms with van der Waals surface area (Å²) in [7, 11) is 4.14. The van der Waals surface area contributed by atoms with Gasteiger partial charge in [0.15, 0.2) is 5.72 Å². The molecular weight excluding hydrogens is 360 g/mol. The van der Waals surface area contributed by atoms with Gasteiger partial charge >= 0.3 is 0 Å². The van der Waals surface area contributed by atoms with Gasteiger partial charge in [0.2, 0.25) is 0 Å². The standard InChI is InChI=1S/C25H30N2O2/c1-17(28)24(2)22(18-11-7-6-8-12-18)23-20(15-16-26(4)5)19-13-9-10-14-21(19)27(23)25(24,3)29/h6-14,22,29H,15-16H2,1-5H3/t22-,24+,25-/m0/s1. The van der Waals surface area contributed by atoms with Crippen LogP contribution in [-0.4, -0.2) is 41.0 Å². The highest BCUT2D eigenvalue weighted by molar-refractivity contribution is 5.91. The lowest BCUT2D eigenvalue weighted by atomic mass is 9.65. The predicted octanol–water partition coefficient (Wildman–Crippen LogP) is 4.15.